The van der Waals surface area contributed by atoms with Crippen molar-refractivity contribution in [3.8, 4) is 5.69 Å². The number of nitrogens with zero attached hydrogens (tertiary/aromatic N) is 3. The molecule has 3 aromatic rings. The van der Waals surface area contributed by atoms with Gasteiger partial charge in [0.15, 0.2) is 0 Å². The Morgan fingerprint density at radius 3 is 2.00 bits per heavy atom. The van der Waals surface area contributed by atoms with Gasteiger partial charge in [-0.1, -0.05) is 36.4 Å². The van der Waals surface area contributed by atoms with Gasteiger partial charge in [0.2, 0.25) is 5.78 Å². The molecule has 158 valence electrons. The van der Waals surface area contributed by atoms with Gasteiger partial charge in [0.05, 0.1) is 39.4 Å². The zero-order chi connectivity index (χ0) is 22.6. The van der Waals surface area contributed by atoms with Crippen LogP contribution in [0.5, 0.6) is 0 Å². The summed E-state index contributed by atoms with van der Waals surface area (Å²) in [4.78, 5) is 39.1. The van der Waals surface area contributed by atoms with E-state index in [4.69, 9.17) is 0 Å². The molecule has 2 aliphatic rings. The number of hydrogen-bond acceptors (Lipinski definition) is 5. The monoisotopic (exact) mass is 426 g/mol. The van der Waals surface area contributed by atoms with Gasteiger partial charge in [0.25, 0.3) is 11.5 Å². The van der Waals surface area contributed by atoms with Crippen LogP contribution in [0.25, 0.3) is 11.3 Å². The molecule has 0 atom stereocenters. The number of rotatable bonds is 3. The summed E-state index contributed by atoms with van der Waals surface area (Å²) < 4.78 is 1.31. The molecule has 1 amide bonds. The number of para-hydroxylation sites is 2. The summed E-state index contributed by atoms with van der Waals surface area (Å²) in [5.41, 5.74) is 1.36. The number of nitrogens with one attached hydrogen (secondary N) is 1. The first-order chi connectivity index (χ1) is 15.4. The van der Waals surface area contributed by atoms with Crippen LogP contribution in [0.4, 0.5) is 5.69 Å². The zero-order valence-electron chi connectivity index (χ0n) is 17.3. The second-order valence-corrected chi connectivity index (χ2v) is 7.53. The van der Waals surface area contributed by atoms with Crippen LogP contribution in [0.15, 0.2) is 87.5 Å². The van der Waals surface area contributed by atoms with Crippen LogP contribution >= 0.6 is 0 Å². The summed E-state index contributed by atoms with van der Waals surface area (Å²) in [6.07, 6.45) is 0. The Hall–Kier alpha value is -4.46. The minimum atomic E-state index is -0.560. The predicted molar refractivity (Wildman–Crippen MR) is 120 cm³/mol. The average molecular weight is 426 g/mol. The third kappa shape index (κ3) is 2.70. The van der Waals surface area contributed by atoms with Crippen molar-refractivity contribution in [3.63, 3.8) is 0 Å². The number of ketones is 1. The summed E-state index contributed by atoms with van der Waals surface area (Å²) in [5.74, 6) is -1.44. The Morgan fingerprint density at radius 2 is 1.41 bits per heavy atom. The van der Waals surface area contributed by atoms with E-state index in [0.717, 1.165) is 0 Å². The molecular weight excluding hydrogens is 408 g/mol. The summed E-state index contributed by atoms with van der Waals surface area (Å²) in [6.45, 7) is 3.26. The Balaban J connectivity index is 1.60. The number of H-pyrrole nitrogens is 1. The van der Waals surface area contributed by atoms with E-state index in [1.54, 1.807) is 62.4 Å². The molecule has 2 N–H and O–H groups in total. The molecule has 5 rings (SSSR count). The molecule has 0 radical (unpaired) electrons. The van der Waals surface area contributed by atoms with Crippen LogP contribution < -0.4 is 10.6 Å². The second kappa shape index (κ2) is 7.05. The molecule has 8 nitrogen and oxygen atoms in total. The van der Waals surface area contributed by atoms with Crippen LogP contribution in [0.1, 0.15) is 18.2 Å². The number of aryl methyl sites for hydroxylation is 1. The van der Waals surface area contributed by atoms with Gasteiger partial charge in [-0.3, -0.25) is 19.5 Å². The number of hydrazone groups is 1. The molecule has 32 heavy (non-hydrogen) atoms. The van der Waals surface area contributed by atoms with Gasteiger partial charge in [0, 0.05) is 5.69 Å². The van der Waals surface area contributed by atoms with Crippen molar-refractivity contribution in [2.75, 3.05) is 5.01 Å². The van der Waals surface area contributed by atoms with Crippen LogP contribution in [0.2, 0.25) is 0 Å². The van der Waals surface area contributed by atoms with Crippen molar-refractivity contribution in [3.05, 3.63) is 99.2 Å². The highest BCUT2D eigenvalue weighted by atomic mass is 16.3. The molecule has 8 heteroatoms. The van der Waals surface area contributed by atoms with Gasteiger partial charge >= 0.3 is 0 Å². The largest absolute Gasteiger partial charge is 0.506 e. The molecule has 0 bridgehead atoms. The molecule has 1 aromatic heterocycles. The summed E-state index contributed by atoms with van der Waals surface area (Å²) in [5, 5.41) is 19.2. The molecule has 0 saturated heterocycles. The number of aliphatic hydroxyl groups excluding tert-OH is 1. The van der Waals surface area contributed by atoms with E-state index in [2.05, 4.69) is 10.2 Å². The van der Waals surface area contributed by atoms with Gasteiger partial charge in [-0.15, -0.1) is 0 Å². The molecule has 1 aliphatic carbocycles. The second-order valence-electron chi connectivity index (χ2n) is 7.53. The number of allylic oxidation sites excluding steroid dienone is 2. The number of anilines is 1. The van der Waals surface area contributed by atoms with Gasteiger partial charge in [-0.2, -0.15) is 10.1 Å². The Labute approximate surface area is 182 Å². The maximum Gasteiger partial charge on any atom is 0.281 e. The SMILES string of the molecule is CC1=NN(c2ccccc2)C(=O)C1=C1C(=O)C(c2c(C)[nH]n(-c3ccccc3)c2=O)=C1O. The number of aromatic amines is 1. The number of hydrogen-bond donors (Lipinski definition) is 2. The topological polar surface area (TPSA) is 108 Å². The first-order valence-corrected chi connectivity index (χ1v) is 9.95. The maximum atomic E-state index is 13.1. The number of carbonyl (C=O) groups excluding carboxylic acids is 2. The fourth-order valence-corrected chi connectivity index (χ4v) is 4.00. The lowest BCUT2D eigenvalue weighted by Gasteiger charge is -2.22. The summed E-state index contributed by atoms with van der Waals surface area (Å²) >= 11 is 0. The van der Waals surface area contributed by atoms with E-state index in [9.17, 15) is 19.5 Å². The van der Waals surface area contributed by atoms with Crippen LogP contribution in [-0.4, -0.2) is 32.3 Å². The molecule has 0 fully saturated rings. The average Bonchev–Trinajstić information content (AvgIpc) is 3.26. The fourth-order valence-electron chi connectivity index (χ4n) is 4.00. The highest BCUT2D eigenvalue weighted by molar-refractivity contribution is 6.45. The van der Waals surface area contributed by atoms with Crippen molar-refractivity contribution in [2.45, 2.75) is 13.8 Å². The van der Waals surface area contributed by atoms with Crippen molar-refractivity contribution in [2.24, 2.45) is 5.10 Å². The minimum Gasteiger partial charge on any atom is -0.506 e. The summed E-state index contributed by atoms with van der Waals surface area (Å²) in [7, 11) is 0. The first-order valence-electron chi connectivity index (χ1n) is 9.95. The van der Waals surface area contributed by atoms with Crippen molar-refractivity contribution in [1.29, 1.82) is 0 Å². The minimum absolute atomic E-state index is 0.0386. The Morgan fingerprint density at radius 1 is 0.812 bits per heavy atom. The van der Waals surface area contributed by atoms with E-state index < -0.39 is 17.2 Å². The van der Waals surface area contributed by atoms with Crippen LogP contribution in [0, 0.1) is 6.92 Å². The van der Waals surface area contributed by atoms with E-state index in [-0.39, 0.29) is 28.0 Å². The predicted octanol–water partition coefficient (Wildman–Crippen LogP) is 3.05. The summed E-state index contributed by atoms with van der Waals surface area (Å²) in [6, 6.07) is 17.7. The lowest BCUT2D eigenvalue weighted by atomic mass is 9.80. The molecule has 0 unspecified atom stereocenters. The zero-order valence-corrected chi connectivity index (χ0v) is 17.3. The Bertz CT molecular complexity index is 1440. The number of carbonyl (C=O) groups is 2. The number of aliphatic hydroxyl groups is 1. The van der Waals surface area contributed by atoms with Gasteiger partial charge in [-0.25, -0.2) is 4.68 Å². The lowest BCUT2D eigenvalue weighted by Crippen LogP contribution is -2.31. The van der Waals surface area contributed by atoms with E-state index in [0.29, 0.717) is 22.8 Å². The quantitative estimate of drug-likeness (QED) is 0.628. The van der Waals surface area contributed by atoms with Crippen LogP contribution in [-0.2, 0) is 9.59 Å². The smallest absolute Gasteiger partial charge is 0.281 e. The number of amides is 1. The van der Waals surface area contributed by atoms with Crippen molar-refractivity contribution < 1.29 is 14.7 Å². The standard InChI is InChI=1S/C24H18N4O4/c1-13-17(23(31)27(25-13)15-9-5-3-6-10-15)19-21(29)20(22(19)30)18-14(2)26-28(24(18)32)16-11-7-4-8-12-16/h3-12,25,29H,1-2H3. The fraction of sp³-hybridized carbons (Fsp3) is 0.0833. The van der Waals surface area contributed by atoms with Crippen molar-refractivity contribution in [1.82, 2.24) is 9.78 Å². The highest BCUT2D eigenvalue weighted by Crippen LogP contribution is 2.40. The Kier molecular flexibility index (Phi) is 4.30. The van der Waals surface area contributed by atoms with E-state index in [1.165, 1.54) is 9.69 Å². The molecule has 0 saturated carbocycles. The maximum absolute atomic E-state index is 13.1. The van der Waals surface area contributed by atoms with Crippen LogP contribution in [0.3, 0.4) is 0 Å². The number of aromatic nitrogens is 2. The molecular formula is C24H18N4O4. The third-order valence-electron chi connectivity index (χ3n) is 5.53. The normalized spacial score (nSPS) is 18.3. The number of benzene rings is 2. The van der Waals surface area contributed by atoms with E-state index >= 15 is 0 Å². The molecule has 2 heterocycles. The first kappa shape index (κ1) is 19.5. The molecule has 2 aromatic carbocycles. The van der Waals surface area contributed by atoms with Gasteiger partial charge in [-0.05, 0) is 38.1 Å². The van der Waals surface area contributed by atoms with Gasteiger partial charge < -0.3 is 5.11 Å². The third-order valence-corrected chi connectivity index (χ3v) is 5.53. The highest BCUT2D eigenvalue weighted by Gasteiger charge is 2.44. The molecule has 1 aliphatic heterocycles. The molecule has 0 spiro atoms. The van der Waals surface area contributed by atoms with Gasteiger partial charge in [0.1, 0.15) is 5.76 Å². The number of Topliss-reactive ketones (excluding diaryl/α,β-unsaturated/α-hetero) is 1. The van der Waals surface area contributed by atoms with Crippen molar-refractivity contribution >= 4 is 28.7 Å². The van der Waals surface area contributed by atoms with E-state index in [1.807, 2.05) is 12.1 Å². The lowest BCUT2D eigenvalue weighted by molar-refractivity contribution is -0.115.